The standard InChI is InChI=1S/C12H17NS/c1-9(13-11-5-6-11)10-3-7-12(14-2)8-4-10/h3-4,7-9,11,13H,5-6H2,1-2H3/t9-/m0/s1. The highest BCUT2D eigenvalue weighted by Crippen LogP contribution is 2.25. The molecule has 1 aromatic carbocycles. The molecule has 0 heterocycles. The zero-order valence-corrected chi connectivity index (χ0v) is 9.60. The largest absolute Gasteiger partial charge is 0.307 e. The zero-order valence-electron chi connectivity index (χ0n) is 8.79. The van der Waals surface area contributed by atoms with Crippen LogP contribution in [-0.4, -0.2) is 12.3 Å². The van der Waals surface area contributed by atoms with Crippen molar-refractivity contribution in [3.63, 3.8) is 0 Å². The Morgan fingerprint density at radius 2 is 1.93 bits per heavy atom. The molecule has 1 aliphatic carbocycles. The molecule has 0 amide bonds. The van der Waals surface area contributed by atoms with Gasteiger partial charge in [-0.2, -0.15) is 0 Å². The van der Waals surface area contributed by atoms with Gasteiger partial charge in [-0.25, -0.2) is 0 Å². The van der Waals surface area contributed by atoms with Gasteiger partial charge in [-0.05, 0) is 43.7 Å². The summed E-state index contributed by atoms with van der Waals surface area (Å²) < 4.78 is 0. The van der Waals surface area contributed by atoms with Crippen LogP contribution in [0, 0.1) is 0 Å². The molecule has 0 radical (unpaired) electrons. The molecule has 2 rings (SSSR count). The molecular formula is C12H17NS. The Kier molecular flexibility index (Phi) is 3.14. The quantitative estimate of drug-likeness (QED) is 0.761. The summed E-state index contributed by atoms with van der Waals surface area (Å²) in [6.45, 7) is 2.24. The van der Waals surface area contributed by atoms with Gasteiger partial charge in [0.15, 0.2) is 0 Å². The van der Waals surface area contributed by atoms with E-state index in [-0.39, 0.29) is 0 Å². The van der Waals surface area contributed by atoms with Crippen molar-refractivity contribution in [1.29, 1.82) is 0 Å². The number of benzene rings is 1. The van der Waals surface area contributed by atoms with Crippen molar-refractivity contribution in [2.45, 2.75) is 36.7 Å². The Hall–Kier alpha value is -0.470. The van der Waals surface area contributed by atoms with Crippen LogP contribution in [-0.2, 0) is 0 Å². The summed E-state index contributed by atoms with van der Waals surface area (Å²) in [5.74, 6) is 0. The predicted molar refractivity (Wildman–Crippen MR) is 62.8 cm³/mol. The third-order valence-corrected chi connectivity index (χ3v) is 3.42. The lowest BCUT2D eigenvalue weighted by molar-refractivity contribution is 0.571. The third kappa shape index (κ3) is 2.52. The number of thioether (sulfide) groups is 1. The molecule has 0 aromatic heterocycles. The first-order valence-corrected chi connectivity index (χ1v) is 6.42. The topological polar surface area (TPSA) is 12.0 Å². The highest BCUT2D eigenvalue weighted by Gasteiger charge is 2.22. The lowest BCUT2D eigenvalue weighted by atomic mass is 10.1. The summed E-state index contributed by atoms with van der Waals surface area (Å²) in [5.41, 5.74) is 1.40. The Morgan fingerprint density at radius 3 is 2.43 bits per heavy atom. The minimum Gasteiger partial charge on any atom is -0.307 e. The first kappa shape index (κ1) is 10.1. The van der Waals surface area contributed by atoms with Crippen molar-refractivity contribution < 1.29 is 0 Å². The maximum atomic E-state index is 3.60. The summed E-state index contributed by atoms with van der Waals surface area (Å²) in [5, 5.41) is 3.60. The van der Waals surface area contributed by atoms with Crippen molar-refractivity contribution in [2.75, 3.05) is 6.26 Å². The average molecular weight is 207 g/mol. The molecule has 0 bridgehead atoms. The van der Waals surface area contributed by atoms with Gasteiger partial charge in [0.25, 0.3) is 0 Å². The lowest BCUT2D eigenvalue weighted by Gasteiger charge is -2.13. The van der Waals surface area contributed by atoms with E-state index in [1.807, 2.05) is 0 Å². The fourth-order valence-electron chi connectivity index (χ4n) is 1.59. The molecule has 0 unspecified atom stereocenters. The lowest BCUT2D eigenvalue weighted by Crippen LogP contribution is -2.20. The molecule has 0 spiro atoms. The van der Waals surface area contributed by atoms with E-state index < -0.39 is 0 Å². The van der Waals surface area contributed by atoms with Crippen LogP contribution in [0.15, 0.2) is 29.2 Å². The van der Waals surface area contributed by atoms with Crippen LogP contribution in [0.25, 0.3) is 0 Å². The smallest absolute Gasteiger partial charge is 0.0294 e. The summed E-state index contributed by atoms with van der Waals surface area (Å²) in [6.07, 6.45) is 4.82. The SMILES string of the molecule is CSc1ccc([C@H](C)NC2CC2)cc1. The second-order valence-electron chi connectivity index (χ2n) is 3.94. The number of hydrogen-bond acceptors (Lipinski definition) is 2. The Balaban J connectivity index is 1.99. The molecule has 76 valence electrons. The molecule has 1 nitrogen and oxygen atoms in total. The molecule has 2 heteroatoms. The first-order chi connectivity index (χ1) is 6.79. The normalized spacial score (nSPS) is 18.1. The molecule has 1 fully saturated rings. The number of rotatable bonds is 4. The van der Waals surface area contributed by atoms with Crippen molar-refractivity contribution in [1.82, 2.24) is 5.32 Å². The van der Waals surface area contributed by atoms with Crippen LogP contribution in [0.5, 0.6) is 0 Å². The van der Waals surface area contributed by atoms with Crippen LogP contribution in [0.4, 0.5) is 0 Å². The van der Waals surface area contributed by atoms with Gasteiger partial charge in [-0.15, -0.1) is 11.8 Å². The average Bonchev–Trinajstić information content (AvgIpc) is 3.02. The van der Waals surface area contributed by atoms with Crippen molar-refractivity contribution in [2.24, 2.45) is 0 Å². The van der Waals surface area contributed by atoms with Crippen LogP contribution < -0.4 is 5.32 Å². The van der Waals surface area contributed by atoms with Gasteiger partial charge < -0.3 is 5.32 Å². The van der Waals surface area contributed by atoms with Crippen molar-refractivity contribution >= 4 is 11.8 Å². The molecule has 14 heavy (non-hydrogen) atoms. The highest BCUT2D eigenvalue weighted by atomic mass is 32.2. The van der Waals surface area contributed by atoms with Crippen LogP contribution >= 0.6 is 11.8 Å². The maximum absolute atomic E-state index is 3.60. The summed E-state index contributed by atoms with van der Waals surface area (Å²) in [7, 11) is 0. The summed E-state index contributed by atoms with van der Waals surface area (Å²) >= 11 is 1.80. The first-order valence-electron chi connectivity index (χ1n) is 5.19. The van der Waals surface area contributed by atoms with Gasteiger partial charge >= 0.3 is 0 Å². The molecule has 0 saturated heterocycles. The van der Waals surface area contributed by atoms with E-state index in [2.05, 4.69) is 42.8 Å². The third-order valence-electron chi connectivity index (χ3n) is 2.68. The molecule has 0 aliphatic heterocycles. The summed E-state index contributed by atoms with van der Waals surface area (Å²) in [6, 6.07) is 10.1. The van der Waals surface area contributed by atoms with E-state index in [1.165, 1.54) is 23.3 Å². The predicted octanol–water partition coefficient (Wildman–Crippen LogP) is 3.22. The number of hydrogen-bond donors (Lipinski definition) is 1. The minimum absolute atomic E-state index is 0.499. The Morgan fingerprint density at radius 1 is 1.29 bits per heavy atom. The van der Waals surface area contributed by atoms with E-state index in [1.54, 1.807) is 11.8 Å². The molecule has 1 N–H and O–H groups in total. The molecule has 1 atom stereocenters. The Bertz CT molecular complexity index is 290. The maximum Gasteiger partial charge on any atom is 0.0294 e. The van der Waals surface area contributed by atoms with E-state index in [9.17, 15) is 0 Å². The van der Waals surface area contributed by atoms with Crippen molar-refractivity contribution in [3.8, 4) is 0 Å². The van der Waals surface area contributed by atoms with E-state index in [4.69, 9.17) is 0 Å². The van der Waals surface area contributed by atoms with Gasteiger partial charge in [-0.3, -0.25) is 0 Å². The second kappa shape index (κ2) is 4.37. The fraction of sp³-hybridized carbons (Fsp3) is 0.500. The van der Waals surface area contributed by atoms with E-state index in [0.29, 0.717) is 6.04 Å². The van der Waals surface area contributed by atoms with Crippen LogP contribution in [0.3, 0.4) is 0 Å². The molecular weight excluding hydrogens is 190 g/mol. The minimum atomic E-state index is 0.499. The number of nitrogens with one attached hydrogen (secondary N) is 1. The van der Waals surface area contributed by atoms with Gasteiger partial charge in [0.05, 0.1) is 0 Å². The van der Waals surface area contributed by atoms with Gasteiger partial charge in [-0.1, -0.05) is 12.1 Å². The fourth-order valence-corrected chi connectivity index (χ4v) is 2.00. The second-order valence-corrected chi connectivity index (χ2v) is 4.82. The molecule has 1 aliphatic rings. The highest BCUT2D eigenvalue weighted by molar-refractivity contribution is 7.98. The van der Waals surface area contributed by atoms with Gasteiger partial charge in [0, 0.05) is 17.0 Å². The zero-order chi connectivity index (χ0) is 9.97. The van der Waals surface area contributed by atoms with Gasteiger partial charge in [0.1, 0.15) is 0 Å². The van der Waals surface area contributed by atoms with Crippen LogP contribution in [0.1, 0.15) is 31.4 Å². The Labute approximate surface area is 90.3 Å². The van der Waals surface area contributed by atoms with Crippen LogP contribution in [0.2, 0.25) is 0 Å². The van der Waals surface area contributed by atoms with E-state index >= 15 is 0 Å². The van der Waals surface area contributed by atoms with Crippen molar-refractivity contribution in [3.05, 3.63) is 29.8 Å². The van der Waals surface area contributed by atoms with Gasteiger partial charge in [0.2, 0.25) is 0 Å². The molecule has 1 aromatic rings. The molecule has 1 saturated carbocycles. The summed E-state index contributed by atoms with van der Waals surface area (Å²) in [4.78, 5) is 1.34. The monoisotopic (exact) mass is 207 g/mol. The van der Waals surface area contributed by atoms with E-state index in [0.717, 1.165) is 6.04 Å².